The quantitative estimate of drug-likeness (QED) is 0.917. The van der Waals surface area contributed by atoms with Gasteiger partial charge < -0.3 is 14.2 Å². The van der Waals surface area contributed by atoms with E-state index in [0.29, 0.717) is 23.7 Å². The molecule has 126 valence electrons. The third kappa shape index (κ3) is 1.35. The molecule has 4 heteroatoms. The van der Waals surface area contributed by atoms with Gasteiger partial charge in [-0.3, -0.25) is 5.32 Å². The van der Waals surface area contributed by atoms with Gasteiger partial charge in [0.25, 0.3) is 0 Å². The van der Waals surface area contributed by atoms with Crippen LogP contribution in [-0.4, -0.2) is 12.5 Å². The van der Waals surface area contributed by atoms with Crippen LogP contribution in [0.2, 0.25) is 0 Å². The zero-order chi connectivity index (χ0) is 16.2. The first-order valence-corrected chi connectivity index (χ1v) is 9.25. The first-order valence-electron chi connectivity index (χ1n) is 9.25. The van der Waals surface area contributed by atoms with Crippen LogP contribution in [0.5, 0.6) is 0 Å². The SMILES string of the molecule is c1ccc([C@]23O[C@@H]4N[C@@H]5O[C@](c6ccccc6)(O2)[C@H]2[C@@H]5C[C@@H]4[C@H]23)cc1. The lowest BCUT2D eigenvalue weighted by molar-refractivity contribution is -0.361. The average Bonchev–Trinajstić information content (AvgIpc) is 3.33. The summed E-state index contributed by atoms with van der Waals surface area (Å²) in [6, 6.07) is 20.9. The van der Waals surface area contributed by atoms with Gasteiger partial charge in [0.2, 0.25) is 11.6 Å². The van der Waals surface area contributed by atoms with Crippen molar-refractivity contribution in [1.82, 2.24) is 5.32 Å². The fourth-order valence-corrected chi connectivity index (χ4v) is 6.38. The first-order chi connectivity index (χ1) is 12.3. The van der Waals surface area contributed by atoms with E-state index in [2.05, 4.69) is 53.8 Å². The van der Waals surface area contributed by atoms with E-state index >= 15 is 0 Å². The van der Waals surface area contributed by atoms with E-state index < -0.39 is 11.6 Å². The minimum absolute atomic E-state index is 0.0329. The number of rotatable bonds is 2. The molecule has 4 saturated heterocycles. The standard InChI is InChI=1S/C21H19NO3/c1-3-7-12(8-4-1)20-16-14-11-15-17(16)21(25-20,13-9-5-2-6-10-13)24-19(15)22-18(14)23-20/h1-10,14-19,22H,11H2/t14-,15+,16-,17+,18+,19-,20+,21-. The molecule has 0 radical (unpaired) electrons. The Bertz CT molecular complexity index is 788. The number of piperidine rings is 1. The van der Waals surface area contributed by atoms with Gasteiger partial charge >= 0.3 is 0 Å². The van der Waals surface area contributed by atoms with Crippen molar-refractivity contribution >= 4 is 0 Å². The predicted octanol–water partition coefficient (Wildman–Crippen LogP) is 2.91. The van der Waals surface area contributed by atoms with Crippen molar-refractivity contribution in [3.05, 3.63) is 71.8 Å². The monoisotopic (exact) mass is 333 g/mol. The number of hydrogen-bond acceptors (Lipinski definition) is 4. The Morgan fingerprint density at radius 2 is 1.20 bits per heavy atom. The Balaban J connectivity index is 1.49. The molecule has 4 aliphatic heterocycles. The molecule has 1 aliphatic carbocycles. The molecule has 2 aromatic carbocycles. The van der Waals surface area contributed by atoms with Crippen LogP contribution in [0.25, 0.3) is 0 Å². The molecule has 25 heavy (non-hydrogen) atoms. The number of benzene rings is 2. The van der Waals surface area contributed by atoms with Gasteiger partial charge in [-0.1, -0.05) is 60.7 Å². The Hall–Kier alpha value is -1.72. The zero-order valence-corrected chi connectivity index (χ0v) is 13.7. The van der Waals surface area contributed by atoms with E-state index in [1.807, 2.05) is 12.1 Å². The second kappa shape index (κ2) is 4.15. The summed E-state index contributed by atoms with van der Waals surface area (Å²) in [5, 5.41) is 3.62. The third-order valence-corrected chi connectivity index (χ3v) is 7.10. The lowest BCUT2D eigenvalue weighted by Gasteiger charge is -2.39. The molecule has 0 spiro atoms. The topological polar surface area (TPSA) is 39.7 Å². The maximum absolute atomic E-state index is 6.87. The molecule has 7 rings (SSSR count). The fourth-order valence-electron chi connectivity index (χ4n) is 6.38. The Kier molecular flexibility index (Phi) is 2.24. The highest BCUT2D eigenvalue weighted by Gasteiger charge is 2.82. The van der Waals surface area contributed by atoms with Gasteiger partial charge in [0.15, 0.2) is 0 Å². The molecule has 1 saturated carbocycles. The normalized spacial score (nSPS) is 50.7. The molecule has 8 atom stereocenters. The molecule has 4 heterocycles. The van der Waals surface area contributed by atoms with Crippen molar-refractivity contribution in [1.29, 1.82) is 0 Å². The van der Waals surface area contributed by atoms with E-state index in [1.54, 1.807) is 0 Å². The van der Waals surface area contributed by atoms with Crippen LogP contribution in [0.4, 0.5) is 0 Å². The van der Waals surface area contributed by atoms with Gasteiger partial charge in [-0.25, -0.2) is 0 Å². The summed E-state index contributed by atoms with van der Waals surface area (Å²) in [5.74, 6) is 0.270. The van der Waals surface area contributed by atoms with Crippen molar-refractivity contribution in [2.75, 3.05) is 0 Å². The van der Waals surface area contributed by atoms with Crippen molar-refractivity contribution in [3.63, 3.8) is 0 Å². The van der Waals surface area contributed by atoms with Crippen molar-refractivity contribution in [3.8, 4) is 0 Å². The number of ether oxygens (including phenoxy) is 3. The molecule has 0 aromatic heterocycles. The van der Waals surface area contributed by atoms with Crippen LogP contribution in [-0.2, 0) is 25.8 Å². The summed E-state index contributed by atoms with van der Waals surface area (Å²) >= 11 is 0. The minimum Gasteiger partial charge on any atom is -0.327 e. The van der Waals surface area contributed by atoms with Crippen LogP contribution in [0.15, 0.2) is 60.7 Å². The maximum atomic E-state index is 6.87. The molecular formula is C21H19NO3. The van der Waals surface area contributed by atoms with E-state index in [9.17, 15) is 0 Å². The number of hydrogen-bond donors (Lipinski definition) is 1. The molecule has 2 bridgehead atoms. The predicted molar refractivity (Wildman–Crippen MR) is 88.8 cm³/mol. The summed E-state index contributed by atoms with van der Waals surface area (Å²) in [5.41, 5.74) is 2.23. The van der Waals surface area contributed by atoms with Crippen molar-refractivity contribution in [2.24, 2.45) is 23.7 Å². The Morgan fingerprint density at radius 1 is 0.720 bits per heavy atom. The van der Waals surface area contributed by atoms with Gasteiger partial charge in [0, 0.05) is 34.8 Å². The third-order valence-electron chi connectivity index (χ3n) is 7.10. The highest BCUT2D eigenvalue weighted by Crippen LogP contribution is 2.75. The highest BCUT2D eigenvalue weighted by molar-refractivity contribution is 5.35. The van der Waals surface area contributed by atoms with E-state index in [1.165, 1.54) is 6.42 Å². The van der Waals surface area contributed by atoms with Crippen molar-refractivity contribution in [2.45, 2.75) is 30.5 Å². The second-order valence-electron chi connectivity index (χ2n) is 8.03. The van der Waals surface area contributed by atoms with Crippen LogP contribution in [0.3, 0.4) is 0 Å². The molecule has 5 fully saturated rings. The van der Waals surface area contributed by atoms with Crippen LogP contribution in [0.1, 0.15) is 17.5 Å². The molecule has 4 nitrogen and oxygen atoms in total. The van der Waals surface area contributed by atoms with Gasteiger partial charge in [-0.15, -0.1) is 0 Å². The Morgan fingerprint density at radius 3 is 1.68 bits per heavy atom. The summed E-state index contributed by atoms with van der Waals surface area (Å²) in [7, 11) is 0. The highest BCUT2D eigenvalue weighted by atomic mass is 16.8. The average molecular weight is 333 g/mol. The lowest BCUT2D eigenvalue weighted by Crippen LogP contribution is -2.52. The smallest absolute Gasteiger partial charge is 0.203 e. The van der Waals surface area contributed by atoms with Crippen LogP contribution >= 0.6 is 0 Å². The second-order valence-corrected chi connectivity index (χ2v) is 8.03. The lowest BCUT2D eigenvalue weighted by atomic mass is 9.78. The molecule has 0 unspecified atom stereocenters. The van der Waals surface area contributed by atoms with E-state index in [-0.39, 0.29) is 12.5 Å². The van der Waals surface area contributed by atoms with E-state index in [0.717, 1.165) is 11.1 Å². The molecule has 5 aliphatic rings. The Labute approximate surface area is 146 Å². The van der Waals surface area contributed by atoms with Gasteiger partial charge in [0.05, 0.1) is 0 Å². The van der Waals surface area contributed by atoms with Gasteiger partial charge in [-0.2, -0.15) is 0 Å². The minimum atomic E-state index is -0.704. The zero-order valence-electron chi connectivity index (χ0n) is 13.7. The molecular weight excluding hydrogens is 314 g/mol. The van der Waals surface area contributed by atoms with Crippen LogP contribution in [0, 0.1) is 23.7 Å². The van der Waals surface area contributed by atoms with Gasteiger partial charge in [0.1, 0.15) is 12.5 Å². The fraction of sp³-hybridized carbons (Fsp3) is 0.429. The van der Waals surface area contributed by atoms with Crippen molar-refractivity contribution < 1.29 is 14.2 Å². The van der Waals surface area contributed by atoms with Crippen LogP contribution < -0.4 is 5.32 Å². The molecule has 2 aromatic rings. The summed E-state index contributed by atoms with van der Waals surface area (Å²) < 4.78 is 20.1. The van der Waals surface area contributed by atoms with E-state index in [4.69, 9.17) is 14.2 Å². The summed E-state index contributed by atoms with van der Waals surface area (Å²) in [6.45, 7) is 0. The maximum Gasteiger partial charge on any atom is 0.203 e. The number of nitrogens with one attached hydrogen (secondary N) is 1. The molecule has 0 amide bonds. The summed E-state index contributed by atoms with van der Waals surface area (Å²) in [6.07, 6.45) is 1.24. The molecule has 1 N–H and O–H groups in total. The first kappa shape index (κ1) is 13.5. The van der Waals surface area contributed by atoms with Gasteiger partial charge in [-0.05, 0) is 6.42 Å². The largest absolute Gasteiger partial charge is 0.327 e. The summed E-state index contributed by atoms with van der Waals surface area (Å²) in [4.78, 5) is 0.